The summed E-state index contributed by atoms with van der Waals surface area (Å²) in [6.07, 6.45) is 3.92. The minimum atomic E-state index is -0.231. The predicted octanol–water partition coefficient (Wildman–Crippen LogP) is 3.59. The Morgan fingerprint density at radius 1 is 1.27 bits per heavy atom. The second-order valence-corrected chi connectivity index (χ2v) is 7.00. The van der Waals surface area contributed by atoms with Crippen molar-refractivity contribution in [2.24, 2.45) is 5.92 Å². The van der Waals surface area contributed by atoms with Crippen LogP contribution in [0.5, 0.6) is 5.75 Å². The molecule has 26 heavy (non-hydrogen) atoms. The Hall–Kier alpha value is -2.63. The molecule has 2 aromatic rings. The number of carbonyl (C=O) groups excluding carboxylic acids is 1. The molecule has 138 valence electrons. The first-order valence-electron chi connectivity index (χ1n) is 9.02. The van der Waals surface area contributed by atoms with Gasteiger partial charge in [0.1, 0.15) is 5.75 Å². The van der Waals surface area contributed by atoms with E-state index in [0.717, 1.165) is 37.4 Å². The molecule has 3 rings (SSSR count). The Morgan fingerprint density at radius 2 is 2.00 bits per heavy atom. The van der Waals surface area contributed by atoms with Gasteiger partial charge in [-0.05, 0) is 50.3 Å². The lowest BCUT2D eigenvalue weighted by Gasteiger charge is -2.30. The first kappa shape index (κ1) is 18.2. The number of hydrogen-bond acceptors (Lipinski definition) is 5. The minimum absolute atomic E-state index is 0.231. The summed E-state index contributed by atoms with van der Waals surface area (Å²) < 4.78 is 5.32. The summed E-state index contributed by atoms with van der Waals surface area (Å²) in [6.45, 7) is 8.02. The summed E-state index contributed by atoms with van der Waals surface area (Å²) in [5.74, 6) is 1.85. The van der Waals surface area contributed by atoms with Crippen LogP contribution in [-0.2, 0) is 0 Å². The molecule has 1 aliphatic rings. The minimum Gasteiger partial charge on any atom is -0.495 e. The smallest absolute Gasteiger partial charge is 0.259 e. The number of aryl methyl sites for hydroxylation is 2. The Balaban J connectivity index is 1.77. The van der Waals surface area contributed by atoms with Crippen molar-refractivity contribution >= 4 is 17.5 Å². The molecule has 0 saturated carbocycles. The summed E-state index contributed by atoms with van der Waals surface area (Å²) in [7, 11) is 1.59. The quantitative estimate of drug-likeness (QED) is 0.909. The topological polar surface area (TPSA) is 67.3 Å². The van der Waals surface area contributed by atoms with Gasteiger partial charge < -0.3 is 15.0 Å². The summed E-state index contributed by atoms with van der Waals surface area (Å²) >= 11 is 0. The molecule has 2 heterocycles. The molecule has 1 aromatic carbocycles. The van der Waals surface area contributed by atoms with E-state index in [-0.39, 0.29) is 5.91 Å². The summed E-state index contributed by atoms with van der Waals surface area (Å²) in [6, 6.07) is 5.67. The van der Waals surface area contributed by atoms with E-state index in [1.807, 2.05) is 32.0 Å². The molecule has 6 nitrogen and oxygen atoms in total. The Kier molecular flexibility index (Phi) is 5.40. The number of carbonyl (C=O) groups is 1. The van der Waals surface area contributed by atoms with Gasteiger partial charge in [-0.25, -0.2) is 9.97 Å². The third-order valence-electron chi connectivity index (χ3n) is 4.88. The van der Waals surface area contributed by atoms with Crippen LogP contribution in [0, 0.1) is 19.8 Å². The van der Waals surface area contributed by atoms with Gasteiger partial charge in [0.2, 0.25) is 5.95 Å². The number of amides is 1. The number of hydrogen-bond donors (Lipinski definition) is 1. The van der Waals surface area contributed by atoms with Gasteiger partial charge in [0.25, 0.3) is 5.91 Å². The van der Waals surface area contributed by atoms with Crippen molar-refractivity contribution in [2.45, 2.75) is 33.6 Å². The SMILES string of the molecule is COc1ccc(C)cc1NC(=O)c1cnc(N2CCC(C)CC2)nc1C. The maximum Gasteiger partial charge on any atom is 0.259 e. The second kappa shape index (κ2) is 7.72. The van der Waals surface area contributed by atoms with Gasteiger partial charge in [-0.15, -0.1) is 0 Å². The van der Waals surface area contributed by atoms with E-state index >= 15 is 0 Å². The number of nitrogens with one attached hydrogen (secondary N) is 1. The van der Waals surface area contributed by atoms with Gasteiger partial charge in [0, 0.05) is 19.3 Å². The first-order valence-corrected chi connectivity index (χ1v) is 9.02. The Labute approximate surface area is 154 Å². The number of piperidine rings is 1. The zero-order valence-corrected chi connectivity index (χ0v) is 15.9. The third kappa shape index (κ3) is 3.95. The number of aromatic nitrogens is 2. The third-order valence-corrected chi connectivity index (χ3v) is 4.88. The van der Waals surface area contributed by atoms with Crippen LogP contribution in [0.1, 0.15) is 41.4 Å². The van der Waals surface area contributed by atoms with E-state index in [2.05, 4.69) is 27.1 Å². The zero-order valence-electron chi connectivity index (χ0n) is 15.9. The lowest BCUT2D eigenvalue weighted by Crippen LogP contribution is -2.34. The van der Waals surface area contributed by atoms with Crippen LogP contribution in [0.15, 0.2) is 24.4 Å². The highest BCUT2D eigenvalue weighted by molar-refractivity contribution is 6.05. The van der Waals surface area contributed by atoms with Crippen molar-refractivity contribution in [3.8, 4) is 5.75 Å². The lowest BCUT2D eigenvalue weighted by atomic mass is 10.00. The van der Waals surface area contributed by atoms with Crippen molar-refractivity contribution in [3.63, 3.8) is 0 Å². The van der Waals surface area contributed by atoms with Crippen LogP contribution in [0.2, 0.25) is 0 Å². The molecule has 6 heteroatoms. The highest BCUT2D eigenvalue weighted by Gasteiger charge is 2.20. The van der Waals surface area contributed by atoms with Crippen LogP contribution >= 0.6 is 0 Å². The molecule has 1 saturated heterocycles. The molecule has 0 bridgehead atoms. The normalized spacial score (nSPS) is 15.0. The summed E-state index contributed by atoms with van der Waals surface area (Å²) in [4.78, 5) is 23.9. The van der Waals surface area contributed by atoms with Crippen molar-refractivity contribution in [2.75, 3.05) is 30.4 Å². The predicted molar refractivity (Wildman–Crippen MR) is 103 cm³/mol. The fraction of sp³-hybridized carbons (Fsp3) is 0.450. The number of rotatable bonds is 4. The molecule has 1 fully saturated rings. The first-order chi connectivity index (χ1) is 12.5. The molecule has 1 aromatic heterocycles. The molecular weight excluding hydrogens is 328 g/mol. The van der Waals surface area contributed by atoms with Crippen molar-refractivity contribution < 1.29 is 9.53 Å². The van der Waals surface area contributed by atoms with Gasteiger partial charge in [-0.2, -0.15) is 0 Å². The van der Waals surface area contributed by atoms with Gasteiger partial charge in [0.15, 0.2) is 0 Å². The largest absolute Gasteiger partial charge is 0.495 e. The van der Waals surface area contributed by atoms with Gasteiger partial charge in [-0.3, -0.25) is 4.79 Å². The molecule has 1 N–H and O–H groups in total. The number of ether oxygens (including phenoxy) is 1. The molecule has 0 atom stereocenters. The number of benzene rings is 1. The maximum absolute atomic E-state index is 12.7. The number of nitrogens with zero attached hydrogens (tertiary/aromatic N) is 3. The Morgan fingerprint density at radius 3 is 2.65 bits per heavy atom. The lowest BCUT2D eigenvalue weighted by molar-refractivity contribution is 0.102. The van der Waals surface area contributed by atoms with E-state index in [1.54, 1.807) is 13.3 Å². The van der Waals surface area contributed by atoms with E-state index in [9.17, 15) is 4.79 Å². The maximum atomic E-state index is 12.7. The van der Waals surface area contributed by atoms with Crippen LogP contribution in [0.3, 0.4) is 0 Å². The van der Waals surface area contributed by atoms with Crippen LogP contribution in [-0.4, -0.2) is 36.1 Å². The standard InChI is InChI=1S/C20H26N4O2/c1-13-7-9-24(10-8-13)20-21-12-16(15(3)22-20)19(25)23-17-11-14(2)5-6-18(17)26-4/h5-6,11-13H,7-10H2,1-4H3,(H,23,25). The zero-order chi connectivity index (χ0) is 18.7. The molecule has 1 aliphatic heterocycles. The second-order valence-electron chi connectivity index (χ2n) is 7.00. The highest BCUT2D eigenvalue weighted by Crippen LogP contribution is 2.26. The molecule has 0 radical (unpaired) electrons. The fourth-order valence-corrected chi connectivity index (χ4v) is 3.15. The van der Waals surface area contributed by atoms with Crippen LogP contribution in [0.25, 0.3) is 0 Å². The van der Waals surface area contributed by atoms with Gasteiger partial charge in [0.05, 0.1) is 24.1 Å². The number of anilines is 2. The van der Waals surface area contributed by atoms with Crippen LogP contribution in [0.4, 0.5) is 11.6 Å². The van der Waals surface area contributed by atoms with Crippen molar-refractivity contribution in [1.29, 1.82) is 0 Å². The average Bonchev–Trinajstić information content (AvgIpc) is 2.62. The van der Waals surface area contributed by atoms with Crippen molar-refractivity contribution in [3.05, 3.63) is 41.2 Å². The van der Waals surface area contributed by atoms with Crippen molar-refractivity contribution in [1.82, 2.24) is 9.97 Å². The fourth-order valence-electron chi connectivity index (χ4n) is 3.15. The summed E-state index contributed by atoms with van der Waals surface area (Å²) in [5, 5.41) is 2.91. The van der Waals surface area contributed by atoms with Crippen LogP contribution < -0.4 is 15.0 Å². The van der Waals surface area contributed by atoms with E-state index in [0.29, 0.717) is 28.6 Å². The molecule has 0 aliphatic carbocycles. The average molecular weight is 354 g/mol. The Bertz CT molecular complexity index is 798. The van der Waals surface area contributed by atoms with Gasteiger partial charge >= 0.3 is 0 Å². The van der Waals surface area contributed by atoms with E-state index in [4.69, 9.17) is 4.74 Å². The van der Waals surface area contributed by atoms with Gasteiger partial charge in [-0.1, -0.05) is 13.0 Å². The molecule has 0 unspecified atom stereocenters. The summed E-state index contributed by atoms with van der Waals surface area (Å²) in [5.41, 5.74) is 2.84. The van der Waals surface area contributed by atoms with E-state index in [1.165, 1.54) is 0 Å². The monoisotopic (exact) mass is 354 g/mol. The van der Waals surface area contributed by atoms with E-state index < -0.39 is 0 Å². The molecular formula is C20H26N4O2. The molecule has 0 spiro atoms. The highest BCUT2D eigenvalue weighted by atomic mass is 16.5. The number of methoxy groups -OCH3 is 1. The molecule has 1 amide bonds.